The van der Waals surface area contributed by atoms with E-state index in [9.17, 15) is 13.6 Å². The predicted molar refractivity (Wildman–Crippen MR) is 68.4 cm³/mol. The molecular formula is C14H16F2N2O2. The summed E-state index contributed by atoms with van der Waals surface area (Å²) in [5.41, 5.74) is 0.841. The Bertz CT molecular complexity index is 495. The van der Waals surface area contributed by atoms with E-state index in [4.69, 9.17) is 4.74 Å². The van der Waals surface area contributed by atoms with E-state index in [-0.39, 0.29) is 13.2 Å². The number of hydrogen-bond acceptors (Lipinski definition) is 3. The van der Waals surface area contributed by atoms with E-state index in [2.05, 4.69) is 5.32 Å². The van der Waals surface area contributed by atoms with Crippen LogP contribution in [-0.4, -0.2) is 42.6 Å². The van der Waals surface area contributed by atoms with Crippen molar-refractivity contribution in [3.8, 4) is 0 Å². The van der Waals surface area contributed by atoms with Gasteiger partial charge in [0.25, 0.3) is 5.92 Å². The van der Waals surface area contributed by atoms with Gasteiger partial charge >= 0.3 is 6.09 Å². The first-order valence-electron chi connectivity index (χ1n) is 6.64. The van der Waals surface area contributed by atoms with Gasteiger partial charge in [-0.15, -0.1) is 0 Å². The fourth-order valence-corrected chi connectivity index (χ4v) is 2.89. The molecule has 0 spiro atoms. The van der Waals surface area contributed by atoms with Gasteiger partial charge in [0.15, 0.2) is 0 Å². The van der Waals surface area contributed by atoms with Crippen molar-refractivity contribution < 1.29 is 18.3 Å². The van der Waals surface area contributed by atoms with Crippen LogP contribution >= 0.6 is 0 Å². The van der Waals surface area contributed by atoms with Crippen molar-refractivity contribution in [1.82, 2.24) is 10.2 Å². The molecule has 1 aromatic rings. The number of hydrogen-bond donors (Lipinski definition) is 1. The average Bonchev–Trinajstić information content (AvgIpc) is 3.01. The molecule has 0 radical (unpaired) electrons. The molecule has 108 valence electrons. The summed E-state index contributed by atoms with van der Waals surface area (Å²) < 4.78 is 32.7. The molecule has 0 saturated carbocycles. The van der Waals surface area contributed by atoms with E-state index in [1.807, 2.05) is 30.3 Å². The number of rotatable bonds is 2. The molecule has 0 aliphatic carbocycles. The van der Waals surface area contributed by atoms with Crippen LogP contribution in [0.25, 0.3) is 0 Å². The number of carbonyl (C=O) groups is 1. The minimum atomic E-state index is -2.83. The molecule has 1 aromatic carbocycles. The van der Waals surface area contributed by atoms with Crippen molar-refractivity contribution in [3.63, 3.8) is 0 Å². The molecule has 1 amide bonds. The minimum Gasteiger partial charge on any atom is -0.445 e. The first-order valence-corrected chi connectivity index (χ1v) is 6.64. The lowest BCUT2D eigenvalue weighted by molar-refractivity contribution is -0.0244. The molecule has 2 heterocycles. The number of nitrogens with zero attached hydrogens (tertiary/aromatic N) is 1. The number of benzene rings is 1. The van der Waals surface area contributed by atoms with E-state index in [1.54, 1.807) is 0 Å². The second kappa shape index (κ2) is 5.01. The monoisotopic (exact) mass is 282 g/mol. The zero-order valence-corrected chi connectivity index (χ0v) is 10.9. The number of carbonyl (C=O) groups excluding carboxylic acids is 1. The molecule has 2 aliphatic heterocycles. The molecule has 6 heteroatoms. The van der Waals surface area contributed by atoms with Gasteiger partial charge in [0.1, 0.15) is 6.61 Å². The number of likely N-dealkylation sites (tertiary alicyclic amines) is 1. The summed E-state index contributed by atoms with van der Waals surface area (Å²) in [5, 5.41) is 2.91. The molecule has 2 aliphatic rings. The highest BCUT2D eigenvalue weighted by atomic mass is 19.3. The van der Waals surface area contributed by atoms with Gasteiger partial charge in [-0.1, -0.05) is 30.3 Å². The van der Waals surface area contributed by atoms with Crippen molar-refractivity contribution in [3.05, 3.63) is 35.9 Å². The van der Waals surface area contributed by atoms with Crippen LogP contribution in [0.1, 0.15) is 5.56 Å². The first kappa shape index (κ1) is 13.3. The maximum atomic E-state index is 13.8. The lowest BCUT2D eigenvalue weighted by atomic mass is 10.0. The lowest BCUT2D eigenvalue weighted by Gasteiger charge is -2.21. The Hall–Kier alpha value is -1.69. The van der Waals surface area contributed by atoms with Crippen LogP contribution in [0.4, 0.5) is 13.6 Å². The zero-order chi connectivity index (χ0) is 14.2. The summed E-state index contributed by atoms with van der Waals surface area (Å²) >= 11 is 0. The molecule has 20 heavy (non-hydrogen) atoms. The van der Waals surface area contributed by atoms with Gasteiger partial charge < -0.3 is 10.1 Å². The lowest BCUT2D eigenvalue weighted by Crippen LogP contribution is -2.39. The molecule has 1 N–H and O–H groups in total. The third-order valence-corrected chi connectivity index (χ3v) is 3.95. The molecule has 2 fully saturated rings. The van der Waals surface area contributed by atoms with Gasteiger partial charge in [-0.2, -0.15) is 0 Å². The third kappa shape index (κ3) is 2.35. The van der Waals surface area contributed by atoms with Crippen molar-refractivity contribution in [2.75, 3.05) is 19.6 Å². The Morgan fingerprint density at radius 1 is 1.35 bits per heavy atom. The van der Waals surface area contributed by atoms with Crippen LogP contribution in [0.2, 0.25) is 0 Å². The van der Waals surface area contributed by atoms with Crippen LogP contribution in [0, 0.1) is 5.92 Å². The highest BCUT2D eigenvalue weighted by Gasteiger charge is 2.57. The highest BCUT2D eigenvalue weighted by molar-refractivity contribution is 5.69. The molecule has 0 aromatic heterocycles. The maximum absolute atomic E-state index is 13.8. The molecule has 0 unspecified atom stereocenters. The SMILES string of the molecule is O=C(OCc1ccccc1)N1CC(F)(F)[C@@H]2CNC[C@@H]21. The van der Waals surface area contributed by atoms with Gasteiger partial charge in [-0.05, 0) is 5.56 Å². The van der Waals surface area contributed by atoms with Crippen LogP contribution in [0.5, 0.6) is 0 Å². The number of alkyl halides is 2. The van der Waals surface area contributed by atoms with E-state index >= 15 is 0 Å². The summed E-state index contributed by atoms with van der Waals surface area (Å²) in [7, 11) is 0. The largest absolute Gasteiger partial charge is 0.445 e. The van der Waals surface area contributed by atoms with E-state index in [0.717, 1.165) is 10.5 Å². The van der Waals surface area contributed by atoms with Crippen LogP contribution in [-0.2, 0) is 11.3 Å². The number of halogens is 2. The molecule has 2 atom stereocenters. The zero-order valence-electron chi connectivity index (χ0n) is 10.9. The van der Waals surface area contributed by atoms with Crippen LogP contribution in [0.3, 0.4) is 0 Å². The standard InChI is InChI=1S/C14H16F2N2O2/c15-14(16)9-18(12-7-17-6-11(12)14)13(19)20-8-10-4-2-1-3-5-10/h1-5,11-12,17H,6-9H2/t11-,12+/m1/s1. The van der Waals surface area contributed by atoms with E-state index < -0.39 is 30.5 Å². The second-order valence-electron chi connectivity index (χ2n) is 5.26. The summed E-state index contributed by atoms with van der Waals surface area (Å²) in [4.78, 5) is 13.2. The molecule has 2 saturated heterocycles. The van der Waals surface area contributed by atoms with Gasteiger partial charge in [0.2, 0.25) is 0 Å². The first-order chi connectivity index (χ1) is 9.58. The van der Waals surface area contributed by atoms with Gasteiger partial charge in [0.05, 0.1) is 18.5 Å². The minimum absolute atomic E-state index is 0.104. The Balaban J connectivity index is 1.63. The fraction of sp³-hybridized carbons (Fsp3) is 0.500. The van der Waals surface area contributed by atoms with Crippen molar-refractivity contribution in [1.29, 1.82) is 0 Å². The normalized spacial score (nSPS) is 27.4. The Morgan fingerprint density at radius 3 is 2.85 bits per heavy atom. The average molecular weight is 282 g/mol. The fourth-order valence-electron chi connectivity index (χ4n) is 2.89. The van der Waals surface area contributed by atoms with Gasteiger partial charge in [0, 0.05) is 13.1 Å². The Kier molecular flexibility index (Phi) is 3.33. The van der Waals surface area contributed by atoms with Gasteiger partial charge in [-0.25, -0.2) is 13.6 Å². The topological polar surface area (TPSA) is 41.6 Å². The van der Waals surface area contributed by atoms with Crippen molar-refractivity contribution >= 4 is 6.09 Å². The predicted octanol–water partition coefficient (Wildman–Crippen LogP) is 1.86. The molecule has 3 rings (SSSR count). The van der Waals surface area contributed by atoms with Gasteiger partial charge in [-0.3, -0.25) is 4.90 Å². The Morgan fingerprint density at radius 2 is 2.10 bits per heavy atom. The van der Waals surface area contributed by atoms with E-state index in [0.29, 0.717) is 6.54 Å². The number of amides is 1. The summed E-state index contributed by atoms with van der Waals surface area (Å²) in [6.45, 7) is 0.213. The highest BCUT2D eigenvalue weighted by Crippen LogP contribution is 2.39. The number of ether oxygens (including phenoxy) is 1. The number of fused-ring (bicyclic) bond motifs is 1. The third-order valence-electron chi connectivity index (χ3n) is 3.95. The molecule has 4 nitrogen and oxygen atoms in total. The smallest absolute Gasteiger partial charge is 0.410 e. The Labute approximate surface area is 115 Å². The summed E-state index contributed by atoms with van der Waals surface area (Å²) in [6.07, 6.45) is -0.662. The van der Waals surface area contributed by atoms with Crippen molar-refractivity contribution in [2.45, 2.75) is 18.6 Å². The summed E-state index contributed by atoms with van der Waals surface area (Å²) in [5.74, 6) is -3.63. The van der Waals surface area contributed by atoms with Crippen molar-refractivity contribution in [2.24, 2.45) is 5.92 Å². The molecule has 0 bridgehead atoms. The second-order valence-corrected chi connectivity index (χ2v) is 5.26. The molecular weight excluding hydrogens is 266 g/mol. The quantitative estimate of drug-likeness (QED) is 0.900. The summed E-state index contributed by atoms with van der Waals surface area (Å²) in [6, 6.07) is 8.72. The van der Waals surface area contributed by atoms with Crippen LogP contribution in [0.15, 0.2) is 30.3 Å². The van der Waals surface area contributed by atoms with Crippen LogP contribution < -0.4 is 5.32 Å². The number of nitrogens with one attached hydrogen (secondary N) is 1. The maximum Gasteiger partial charge on any atom is 0.410 e. The van der Waals surface area contributed by atoms with E-state index in [1.165, 1.54) is 0 Å².